The zero-order valence-corrected chi connectivity index (χ0v) is 14.6. The summed E-state index contributed by atoms with van der Waals surface area (Å²) in [5.74, 6) is 0. The molecule has 0 amide bonds. The van der Waals surface area contributed by atoms with E-state index < -0.39 is 0 Å². The monoisotopic (exact) mass is 312 g/mol. The maximum absolute atomic E-state index is 4.59. The summed E-state index contributed by atoms with van der Waals surface area (Å²) >= 11 is 0. The molecule has 0 fully saturated rings. The molecule has 1 aromatic carbocycles. The lowest BCUT2D eigenvalue weighted by molar-refractivity contribution is 0.254. The van der Waals surface area contributed by atoms with Gasteiger partial charge in [-0.05, 0) is 38.3 Å². The van der Waals surface area contributed by atoms with E-state index in [1.165, 1.54) is 35.3 Å². The highest BCUT2D eigenvalue weighted by Crippen LogP contribution is 2.18. The molecule has 23 heavy (non-hydrogen) atoms. The van der Waals surface area contributed by atoms with Crippen LogP contribution < -0.4 is 5.32 Å². The van der Waals surface area contributed by atoms with Crippen LogP contribution in [0.15, 0.2) is 24.3 Å². The Hall–Kier alpha value is -1.65. The van der Waals surface area contributed by atoms with Crippen LogP contribution in [-0.4, -0.2) is 34.3 Å². The summed E-state index contributed by atoms with van der Waals surface area (Å²) in [7, 11) is 0. The van der Waals surface area contributed by atoms with Gasteiger partial charge in [-0.2, -0.15) is 5.10 Å². The Morgan fingerprint density at radius 1 is 1.17 bits per heavy atom. The molecule has 2 heterocycles. The lowest BCUT2D eigenvalue weighted by Crippen LogP contribution is -2.36. The van der Waals surface area contributed by atoms with Crippen LogP contribution in [0.1, 0.15) is 35.0 Å². The Bertz CT molecular complexity index is 659. The first-order valence-corrected chi connectivity index (χ1v) is 8.71. The van der Waals surface area contributed by atoms with Crippen molar-refractivity contribution in [3.8, 4) is 0 Å². The van der Waals surface area contributed by atoms with E-state index in [1.54, 1.807) is 0 Å². The second-order valence-corrected chi connectivity index (χ2v) is 6.44. The van der Waals surface area contributed by atoms with Crippen molar-refractivity contribution in [2.45, 2.75) is 46.8 Å². The fraction of sp³-hybridized carbons (Fsp3) is 0.526. The molecule has 1 aliphatic rings. The van der Waals surface area contributed by atoms with Crippen LogP contribution >= 0.6 is 0 Å². The average molecular weight is 312 g/mol. The molecule has 0 bridgehead atoms. The fourth-order valence-electron chi connectivity index (χ4n) is 3.49. The highest BCUT2D eigenvalue weighted by molar-refractivity contribution is 5.29. The van der Waals surface area contributed by atoms with Gasteiger partial charge in [0.25, 0.3) is 0 Å². The minimum absolute atomic E-state index is 0.919. The van der Waals surface area contributed by atoms with Crippen molar-refractivity contribution in [3.05, 3.63) is 52.3 Å². The Balaban J connectivity index is 1.47. The van der Waals surface area contributed by atoms with E-state index in [0.29, 0.717) is 0 Å². The second kappa shape index (κ2) is 7.28. The molecule has 124 valence electrons. The van der Waals surface area contributed by atoms with Crippen LogP contribution in [0.25, 0.3) is 0 Å². The van der Waals surface area contributed by atoms with Gasteiger partial charge in [0.1, 0.15) is 0 Å². The maximum atomic E-state index is 4.59. The van der Waals surface area contributed by atoms with Crippen molar-refractivity contribution in [2.24, 2.45) is 0 Å². The van der Waals surface area contributed by atoms with E-state index in [4.69, 9.17) is 0 Å². The summed E-state index contributed by atoms with van der Waals surface area (Å²) in [4.78, 5) is 2.55. The number of nitrogens with one attached hydrogen (secondary N) is 1. The molecule has 1 N–H and O–H groups in total. The topological polar surface area (TPSA) is 33.1 Å². The lowest BCUT2D eigenvalue weighted by atomic mass is 10.00. The number of rotatable bonds is 6. The molecule has 0 atom stereocenters. The van der Waals surface area contributed by atoms with Crippen LogP contribution in [0.5, 0.6) is 0 Å². The minimum Gasteiger partial charge on any atom is -0.311 e. The van der Waals surface area contributed by atoms with Gasteiger partial charge in [0.05, 0.1) is 5.69 Å². The van der Waals surface area contributed by atoms with E-state index >= 15 is 0 Å². The Labute approximate surface area is 139 Å². The summed E-state index contributed by atoms with van der Waals surface area (Å²) in [5.41, 5.74) is 6.83. The van der Waals surface area contributed by atoms with Crippen molar-refractivity contribution < 1.29 is 0 Å². The Morgan fingerprint density at radius 2 is 1.96 bits per heavy atom. The van der Waals surface area contributed by atoms with E-state index in [2.05, 4.69) is 65.0 Å². The number of aromatic nitrogens is 2. The third-order valence-corrected chi connectivity index (χ3v) is 4.95. The van der Waals surface area contributed by atoms with E-state index in [0.717, 1.165) is 38.4 Å². The lowest BCUT2D eigenvalue weighted by Gasteiger charge is -2.28. The van der Waals surface area contributed by atoms with Gasteiger partial charge in [0.15, 0.2) is 0 Å². The van der Waals surface area contributed by atoms with Crippen molar-refractivity contribution in [1.82, 2.24) is 20.0 Å². The Kier molecular flexibility index (Phi) is 5.13. The first kappa shape index (κ1) is 16.2. The standard InChI is InChI=1S/C19H28N4/c1-4-23-16(3)19(15(2)21-23)13-20-10-12-22-11-9-17-7-5-6-8-18(17)14-22/h5-8,20H,4,9-14H2,1-3H3. The quantitative estimate of drug-likeness (QED) is 0.833. The third-order valence-electron chi connectivity index (χ3n) is 4.95. The molecule has 4 nitrogen and oxygen atoms in total. The molecule has 0 saturated heterocycles. The summed E-state index contributed by atoms with van der Waals surface area (Å²) in [6, 6.07) is 8.83. The number of nitrogens with zero attached hydrogens (tertiary/aromatic N) is 3. The summed E-state index contributed by atoms with van der Waals surface area (Å²) in [6.07, 6.45) is 1.18. The highest BCUT2D eigenvalue weighted by Gasteiger charge is 2.15. The van der Waals surface area contributed by atoms with Crippen molar-refractivity contribution >= 4 is 0 Å². The van der Waals surface area contributed by atoms with Crippen LogP contribution in [0, 0.1) is 13.8 Å². The van der Waals surface area contributed by atoms with E-state index in [9.17, 15) is 0 Å². The van der Waals surface area contributed by atoms with Gasteiger partial charge < -0.3 is 5.32 Å². The van der Waals surface area contributed by atoms with Gasteiger partial charge in [-0.3, -0.25) is 9.58 Å². The van der Waals surface area contributed by atoms with Gasteiger partial charge in [0, 0.05) is 50.5 Å². The predicted octanol–water partition coefficient (Wildman–Crippen LogP) is 2.67. The molecule has 0 unspecified atom stereocenters. The van der Waals surface area contributed by atoms with Crippen LogP contribution in [0.3, 0.4) is 0 Å². The predicted molar refractivity (Wildman–Crippen MR) is 94.5 cm³/mol. The molecule has 1 aliphatic heterocycles. The normalized spacial score (nSPS) is 14.9. The second-order valence-electron chi connectivity index (χ2n) is 6.44. The smallest absolute Gasteiger partial charge is 0.0641 e. The van der Waals surface area contributed by atoms with Gasteiger partial charge in [-0.25, -0.2) is 0 Å². The minimum atomic E-state index is 0.919. The molecule has 0 spiro atoms. The summed E-state index contributed by atoms with van der Waals surface area (Å²) in [6.45, 7) is 12.7. The zero-order chi connectivity index (χ0) is 16.2. The van der Waals surface area contributed by atoms with Crippen molar-refractivity contribution in [2.75, 3.05) is 19.6 Å². The number of fused-ring (bicyclic) bond motifs is 1. The van der Waals surface area contributed by atoms with Crippen LogP contribution in [0.4, 0.5) is 0 Å². The van der Waals surface area contributed by atoms with Gasteiger partial charge >= 0.3 is 0 Å². The van der Waals surface area contributed by atoms with E-state index in [-0.39, 0.29) is 0 Å². The molecule has 0 aliphatic carbocycles. The van der Waals surface area contributed by atoms with Gasteiger partial charge in [0.2, 0.25) is 0 Å². The molecule has 2 aromatic rings. The SMILES string of the molecule is CCn1nc(C)c(CNCCN2CCc3ccccc3C2)c1C. The fourth-order valence-corrected chi connectivity index (χ4v) is 3.49. The molecular weight excluding hydrogens is 284 g/mol. The number of hydrogen-bond acceptors (Lipinski definition) is 3. The molecule has 4 heteroatoms. The molecule has 0 radical (unpaired) electrons. The van der Waals surface area contributed by atoms with Crippen LogP contribution in [0.2, 0.25) is 0 Å². The molecule has 3 rings (SSSR count). The first-order chi connectivity index (χ1) is 11.2. The first-order valence-electron chi connectivity index (χ1n) is 8.71. The largest absolute Gasteiger partial charge is 0.311 e. The number of benzene rings is 1. The number of aryl methyl sites for hydroxylation is 2. The molecular formula is C19H28N4. The van der Waals surface area contributed by atoms with Gasteiger partial charge in [-0.15, -0.1) is 0 Å². The van der Waals surface area contributed by atoms with Crippen molar-refractivity contribution in [1.29, 1.82) is 0 Å². The number of hydrogen-bond donors (Lipinski definition) is 1. The maximum Gasteiger partial charge on any atom is 0.0641 e. The zero-order valence-electron chi connectivity index (χ0n) is 14.6. The van der Waals surface area contributed by atoms with Crippen molar-refractivity contribution in [3.63, 3.8) is 0 Å². The molecule has 0 saturated carbocycles. The Morgan fingerprint density at radius 3 is 2.70 bits per heavy atom. The average Bonchev–Trinajstić information content (AvgIpc) is 2.85. The third kappa shape index (κ3) is 3.65. The van der Waals surface area contributed by atoms with Crippen LogP contribution in [-0.2, 0) is 26.1 Å². The highest BCUT2D eigenvalue weighted by atomic mass is 15.3. The van der Waals surface area contributed by atoms with E-state index in [1.807, 2.05) is 0 Å². The summed E-state index contributed by atoms with van der Waals surface area (Å²) < 4.78 is 2.09. The van der Waals surface area contributed by atoms with Gasteiger partial charge in [-0.1, -0.05) is 24.3 Å². The summed E-state index contributed by atoms with van der Waals surface area (Å²) in [5, 5.41) is 8.19. The molecule has 1 aromatic heterocycles.